The van der Waals surface area contributed by atoms with E-state index < -0.39 is 0 Å². The third-order valence-electron chi connectivity index (χ3n) is 5.74. The summed E-state index contributed by atoms with van der Waals surface area (Å²) in [4.78, 5) is 19.2. The van der Waals surface area contributed by atoms with Gasteiger partial charge in [0.05, 0.1) is 17.7 Å². The second kappa shape index (κ2) is 6.62. The molecule has 0 spiro atoms. The molecule has 1 aliphatic heterocycles. The van der Waals surface area contributed by atoms with E-state index in [0.29, 0.717) is 18.0 Å². The molecular weight excluding hydrogens is 381 g/mol. The Morgan fingerprint density at radius 3 is 2.60 bits per heavy atom. The summed E-state index contributed by atoms with van der Waals surface area (Å²) in [6, 6.07) is 4.71. The first-order valence-corrected chi connectivity index (χ1v) is 10.1. The van der Waals surface area contributed by atoms with E-state index in [1.54, 1.807) is 23.0 Å². The van der Waals surface area contributed by atoms with E-state index in [1.807, 2.05) is 19.3 Å². The van der Waals surface area contributed by atoms with Crippen molar-refractivity contribution in [1.29, 1.82) is 0 Å². The maximum atomic E-state index is 14.4. The van der Waals surface area contributed by atoms with Crippen molar-refractivity contribution in [2.24, 2.45) is 0 Å². The lowest BCUT2D eigenvalue weighted by molar-refractivity contribution is 0.575. The van der Waals surface area contributed by atoms with Crippen LogP contribution in [0.1, 0.15) is 55.2 Å². The standard InChI is InChI=1S/C22H24FN7/c1-13-5-6-15(23)18-9-17(28-30(13)18)20-19-16(26-12-27-19)7-8-29(20)21-24-10-14(11-25-21)22(2,3)4/h5-6,9-12,20H,7-8H2,1-4H3,(H,26,27)/t20-/m1/s1. The Labute approximate surface area is 174 Å². The molecule has 4 aromatic heterocycles. The number of pyridine rings is 1. The molecule has 5 rings (SSSR count). The quantitative estimate of drug-likeness (QED) is 0.550. The molecule has 0 unspecified atom stereocenters. The molecule has 4 aromatic rings. The fourth-order valence-electron chi connectivity index (χ4n) is 3.97. The SMILES string of the molecule is Cc1ccc(F)c2cc([C@@H]3c4nc[nH]c4CCN3c3ncc(C(C)(C)C)cn3)nn12. The molecule has 1 aliphatic rings. The Hall–Kier alpha value is -3.29. The zero-order valence-electron chi connectivity index (χ0n) is 17.5. The van der Waals surface area contributed by atoms with Crippen molar-refractivity contribution in [3.05, 3.63) is 71.1 Å². The summed E-state index contributed by atoms with van der Waals surface area (Å²) in [6.45, 7) is 9.04. The minimum atomic E-state index is -0.297. The second-order valence-corrected chi connectivity index (χ2v) is 8.82. The Bertz CT molecular complexity index is 1180. The summed E-state index contributed by atoms with van der Waals surface area (Å²) in [6.07, 6.45) is 6.27. The van der Waals surface area contributed by atoms with Crippen LogP contribution in [-0.2, 0) is 11.8 Å². The van der Waals surface area contributed by atoms with E-state index in [2.05, 4.69) is 45.6 Å². The van der Waals surface area contributed by atoms with Crippen LogP contribution in [0.4, 0.5) is 10.3 Å². The lowest BCUT2D eigenvalue weighted by atomic mass is 9.89. The van der Waals surface area contributed by atoms with Crippen molar-refractivity contribution in [3.8, 4) is 0 Å². The molecule has 30 heavy (non-hydrogen) atoms. The second-order valence-electron chi connectivity index (χ2n) is 8.82. The van der Waals surface area contributed by atoms with Crippen LogP contribution in [0.25, 0.3) is 5.52 Å². The Balaban J connectivity index is 1.63. The van der Waals surface area contributed by atoms with E-state index in [0.717, 1.165) is 34.8 Å². The predicted molar refractivity (Wildman–Crippen MR) is 112 cm³/mol. The van der Waals surface area contributed by atoms with Crippen molar-refractivity contribution < 1.29 is 4.39 Å². The molecule has 0 amide bonds. The van der Waals surface area contributed by atoms with Crippen LogP contribution in [0.5, 0.6) is 0 Å². The highest BCUT2D eigenvalue weighted by Crippen LogP contribution is 2.36. The number of anilines is 1. The lowest BCUT2D eigenvalue weighted by Gasteiger charge is -2.34. The fraction of sp³-hybridized carbons (Fsp3) is 0.364. The van der Waals surface area contributed by atoms with Gasteiger partial charge in [-0.3, -0.25) is 0 Å². The molecule has 0 fully saturated rings. The molecule has 0 bridgehead atoms. The van der Waals surface area contributed by atoms with E-state index >= 15 is 0 Å². The molecule has 0 saturated carbocycles. The number of nitrogens with one attached hydrogen (secondary N) is 1. The zero-order valence-corrected chi connectivity index (χ0v) is 17.5. The number of halogens is 1. The van der Waals surface area contributed by atoms with E-state index in [9.17, 15) is 4.39 Å². The number of aromatic nitrogens is 6. The van der Waals surface area contributed by atoms with Gasteiger partial charge in [-0.2, -0.15) is 5.10 Å². The third kappa shape index (κ3) is 2.94. The van der Waals surface area contributed by atoms with Gasteiger partial charge in [-0.15, -0.1) is 0 Å². The molecule has 0 aromatic carbocycles. The molecule has 154 valence electrons. The number of fused-ring (bicyclic) bond motifs is 2. The van der Waals surface area contributed by atoms with Gasteiger partial charge in [-0.25, -0.2) is 23.9 Å². The molecule has 5 heterocycles. The predicted octanol–water partition coefficient (Wildman–Crippen LogP) is 3.74. The minimum Gasteiger partial charge on any atom is -0.348 e. The summed E-state index contributed by atoms with van der Waals surface area (Å²) < 4.78 is 16.1. The summed E-state index contributed by atoms with van der Waals surface area (Å²) in [7, 11) is 0. The largest absolute Gasteiger partial charge is 0.348 e. The smallest absolute Gasteiger partial charge is 0.226 e. The van der Waals surface area contributed by atoms with Crippen LogP contribution in [0, 0.1) is 12.7 Å². The number of aryl methyl sites for hydroxylation is 1. The summed E-state index contributed by atoms with van der Waals surface area (Å²) in [5.41, 5.74) is 5.05. The maximum absolute atomic E-state index is 14.4. The number of hydrogen-bond acceptors (Lipinski definition) is 5. The Morgan fingerprint density at radius 1 is 1.13 bits per heavy atom. The van der Waals surface area contributed by atoms with E-state index in [-0.39, 0.29) is 17.3 Å². The highest BCUT2D eigenvalue weighted by atomic mass is 19.1. The number of imidazole rings is 1. The van der Waals surface area contributed by atoms with Gasteiger partial charge in [-0.05, 0) is 36.1 Å². The summed E-state index contributed by atoms with van der Waals surface area (Å²) in [5.74, 6) is 0.325. The molecule has 0 aliphatic carbocycles. The van der Waals surface area contributed by atoms with Crippen LogP contribution in [0.3, 0.4) is 0 Å². The van der Waals surface area contributed by atoms with Gasteiger partial charge in [0.15, 0.2) is 0 Å². The van der Waals surface area contributed by atoms with Gasteiger partial charge >= 0.3 is 0 Å². The van der Waals surface area contributed by atoms with Crippen molar-refractivity contribution in [2.75, 3.05) is 11.4 Å². The molecule has 1 N–H and O–H groups in total. The number of hydrogen-bond donors (Lipinski definition) is 1. The monoisotopic (exact) mass is 405 g/mol. The zero-order chi connectivity index (χ0) is 21.0. The highest BCUT2D eigenvalue weighted by Gasteiger charge is 2.35. The maximum Gasteiger partial charge on any atom is 0.226 e. The summed E-state index contributed by atoms with van der Waals surface area (Å²) in [5, 5.41) is 4.73. The molecule has 0 radical (unpaired) electrons. The van der Waals surface area contributed by atoms with E-state index in [1.165, 1.54) is 6.07 Å². The molecular formula is C22H24FN7. The van der Waals surface area contributed by atoms with Gasteiger partial charge in [-0.1, -0.05) is 20.8 Å². The van der Waals surface area contributed by atoms with Crippen LogP contribution in [0.15, 0.2) is 36.9 Å². The average molecular weight is 405 g/mol. The van der Waals surface area contributed by atoms with Crippen molar-refractivity contribution in [3.63, 3.8) is 0 Å². The Kier molecular flexibility index (Phi) is 4.13. The minimum absolute atomic E-state index is 0.0220. The first-order valence-electron chi connectivity index (χ1n) is 10.1. The molecule has 7 nitrogen and oxygen atoms in total. The van der Waals surface area contributed by atoms with Crippen LogP contribution >= 0.6 is 0 Å². The topological polar surface area (TPSA) is 75.0 Å². The first kappa shape index (κ1) is 18.7. The fourth-order valence-corrected chi connectivity index (χ4v) is 3.97. The summed E-state index contributed by atoms with van der Waals surface area (Å²) >= 11 is 0. The number of nitrogens with zero attached hydrogens (tertiary/aromatic N) is 6. The van der Waals surface area contributed by atoms with Gasteiger partial charge < -0.3 is 9.88 Å². The van der Waals surface area contributed by atoms with Gasteiger partial charge in [0.1, 0.15) is 17.4 Å². The molecule has 8 heteroatoms. The number of H-pyrrole nitrogens is 1. The average Bonchev–Trinajstić information content (AvgIpc) is 3.37. The normalized spacial score (nSPS) is 16.8. The van der Waals surface area contributed by atoms with Gasteiger partial charge in [0, 0.05) is 36.7 Å². The number of rotatable bonds is 2. The highest BCUT2D eigenvalue weighted by molar-refractivity contribution is 5.54. The van der Waals surface area contributed by atoms with Crippen molar-refractivity contribution in [2.45, 2.75) is 45.6 Å². The van der Waals surface area contributed by atoms with Crippen LogP contribution in [0.2, 0.25) is 0 Å². The van der Waals surface area contributed by atoms with Crippen molar-refractivity contribution in [1.82, 2.24) is 29.5 Å². The number of aromatic amines is 1. The van der Waals surface area contributed by atoms with Crippen LogP contribution < -0.4 is 4.90 Å². The van der Waals surface area contributed by atoms with E-state index in [4.69, 9.17) is 5.10 Å². The van der Waals surface area contributed by atoms with Gasteiger partial charge in [0.2, 0.25) is 5.95 Å². The van der Waals surface area contributed by atoms with Gasteiger partial charge in [0.25, 0.3) is 0 Å². The lowest BCUT2D eigenvalue weighted by Crippen LogP contribution is -2.38. The van der Waals surface area contributed by atoms with Crippen molar-refractivity contribution >= 4 is 11.5 Å². The Morgan fingerprint density at radius 2 is 1.90 bits per heavy atom. The first-order chi connectivity index (χ1) is 14.3. The molecule has 1 atom stereocenters. The molecule has 0 saturated heterocycles. The van der Waals surface area contributed by atoms with Crippen LogP contribution in [-0.4, -0.2) is 36.1 Å². The third-order valence-corrected chi connectivity index (χ3v) is 5.74.